The summed E-state index contributed by atoms with van der Waals surface area (Å²) < 4.78 is 1.45. The van der Waals surface area contributed by atoms with E-state index in [1.807, 2.05) is 0 Å². The Morgan fingerprint density at radius 3 is 3.00 bits per heavy atom. The first-order valence-corrected chi connectivity index (χ1v) is 7.57. The van der Waals surface area contributed by atoms with Crippen molar-refractivity contribution in [1.29, 1.82) is 0 Å². The highest BCUT2D eigenvalue weighted by atomic mass is 79.9. The Kier molecular flexibility index (Phi) is 4.80. The summed E-state index contributed by atoms with van der Waals surface area (Å²) >= 11 is 3.64. The minimum atomic E-state index is -0.161. The van der Waals surface area contributed by atoms with Crippen LogP contribution in [0, 0.1) is 5.92 Å². The second-order valence-corrected chi connectivity index (χ2v) is 6.50. The molecular weight excluding hydrogens is 308 g/mol. The number of nitrogens with one attached hydrogen (secondary N) is 1. The van der Waals surface area contributed by atoms with E-state index >= 15 is 0 Å². The van der Waals surface area contributed by atoms with Crippen molar-refractivity contribution in [1.82, 2.24) is 9.88 Å². The number of rotatable bonds is 3. The van der Waals surface area contributed by atoms with E-state index < -0.39 is 0 Å². The van der Waals surface area contributed by atoms with Gasteiger partial charge in [-0.05, 0) is 31.2 Å². The van der Waals surface area contributed by atoms with Gasteiger partial charge < -0.3 is 9.88 Å². The first-order valence-electron chi connectivity index (χ1n) is 6.65. The van der Waals surface area contributed by atoms with Crippen LogP contribution in [0.1, 0.15) is 36.0 Å². The summed E-state index contributed by atoms with van der Waals surface area (Å²) in [7, 11) is 1.67. The maximum Gasteiger partial charge on any atom is 0.251 e. The fraction of sp³-hybridized carbons (Fsp3) is 0.571. The van der Waals surface area contributed by atoms with Gasteiger partial charge in [0.05, 0.1) is 0 Å². The Labute approximate surface area is 121 Å². The fourth-order valence-corrected chi connectivity index (χ4v) is 3.29. The number of pyridine rings is 1. The van der Waals surface area contributed by atoms with Gasteiger partial charge in [0, 0.05) is 36.2 Å². The number of alkyl halides is 1. The summed E-state index contributed by atoms with van der Waals surface area (Å²) in [4.78, 5) is 24.0. The number of aryl methyl sites for hydroxylation is 1. The van der Waals surface area contributed by atoms with Gasteiger partial charge in [-0.2, -0.15) is 0 Å². The van der Waals surface area contributed by atoms with Crippen molar-refractivity contribution in [3.05, 3.63) is 34.2 Å². The molecule has 1 saturated carbocycles. The Morgan fingerprint density at radius 2 is 2.32 bits per heavy atom. The van der Waals surface area contributed by atoms with Crippen LogP contribution in [0.5, 0.6) is 0 Å². The SMILES string of the molecule is Cn1ccc(C(=O)NCC2CCCC(Br)C2)cc1=O. The van der Waals surface area contributed by atoms with Gasteiger partial charge in [-0.3, -0.25) is 9.59 Å². The second-order valence-electron chi connectivity index (χ2n) is 5.20. The van der Waals surface area contributed by atoms with Crippen molar-refractivity contribution >= 4 is 21.8 Å². The molecule has 2 unspecified atom stereocenters. The highest BCUT2D eigenvalue weighted by Gasteiger charge is 2.20. The zero-order valence-corrected chi connectivity index (χ0v) is 12.6. The number of nitrogens with zero attached hydrogens (tertiary/aromatic N) is 1. The Morgan fingerprint density at radius 1 is 1.53 bits per heavy atom. The number of hydrogen-bond acceptors (Lipinski definition) is 2. The normalized spacial score (nSPS) is 23.1. The Hall–Kier alpha value is -1.10. The largest absolute Gasteiger partial charge is 0.352 e. The lowest BCUT2D eigenvalue weighted by Crippen LogP contribution is -2.32. The van der Waals surface area contributed by atoms with Gasteiger partial charge in [-0.1, -0.05) is 22.4 Å². The van der Waals surface area contributed by atoms with Gasteiger partial charge in [-0.15, -0.1) is 0 Å². The third-order valence-corrected chi connectivity index (χ3v) is 4.47. The van der Waals surface area contributed by atoms with E-state index in [0.29, 0.717) is 22.9 Å². The zero-order chi connectivity index (χ0) is 13.8. The summed E-state index contributed by atoms with van der Waals surface area (Å²) in [6.07, 6.45) is 6.32. The number of carbonyl (C=O) groups is 1. The monoisotopic (exact) mass is 326 g/mol. The molecule has 2 rings (SSSR count). The molecule has 5 heteroatoms. The molecule has 1 amide bonds. The molecule has 0 aliphatic heterocycles. The van der Waals surface area contributed by atoms with Crippen LogP contribution in [0.3, 0.4) is 0 Å². The van der Waals surface area contributed by atoms with Crippen LogP contribution in [0.2, 0.25) is 0 Å². The van der Waals surface area contributed by atoms with Crippen LogP contribution in [0.15, 0.2) is 23.1 Å². The van der Waals surface area contributed by atoms with Gasteiger partial charge in [0.2, 0.25) is 0 Å². The maximum atomic E-state index is 12.0. The molecule has 19 heavy (non-hydrogen) atoms. The number of aromatic nitrogens is 1. The predicted octanol–water partition coefficient (Wildman–Crippen LogP) is 2.07. The van der Waals surface area contributed by atoms with Gasteiger partial charge in [0.1, 0.15) is 0 Å². The Bertz CT molecular complexity index is 512. The Balaban J connectivity index is 1.90. The third-order valence-electron chi connectivity index (χ3n) is 3.64. The lowest BCUT2D eigenvalue weighted by Gasteiger charge is -2.25. The van der Waals surface area contributed by atoms with E-state index in [9.17, 15) is 9.59 Å². The van der Waals surface area contributed by atoms with Crippen LogP contribution in [0.25, 0.3) is 0 Å². The molecule has 1 heterocycles. The lowest BCUT2D eigenvalue weighted by atomic mass is 9.89. The molecule has 0 saturated heterocycles. The van der Waals surface area contributed by atoms with E-state index in [1.165, 1.54) is 29.9 Å². The van der Waals surface area contributed by atoms with Crippen molar-refractivity contribution in [2.45, 2.75) is 30.5 Å². The summed E-state index contributed by atoms with van der Waals surface area (Å²) in [6.45, 7) is 0.691. The van der Waals surface area contributed by atoms with E-state index in [2.05, 4.69) is 21.2 Å². The molecule has 0 bridgehead atoms. The summed E-state index contributed by atoms with van der Waals surface area (Å²) in [6, 6.07) is 3.05. The molecule has 1 fully saturated rings. The lowest BCUT2D eigenvalue weighted by molar-refractivity contribution is 0.0943. The minimum absolute atomic E-state index is 0.158. The molecule has 1 N–H and O–H groups in total. The van der Waals surface area contributed by atoms with Crippen LogP contribution in [0.4, 0.5) is 0 Å². The average molecular weight is 327 g/mol. The van der Waals surface area contributed by atoms with Crippen molar-refractivity contribution in [3.8, 4) is 0 Å². The van der Waals surface area contributed by atoms with E-state index in [0.717, 1.165) is 6.42 Å². The molecule has 0 spiro atoms. The smallest absolute Gasteiger partial charge is 0.251 e. The summed E-state index contributed by atoms with van der Waals surface area (Å²) in [5.74, 6) is 0.378. The molecule has 1 aromatic rings. The molecule has 104 valence electrons. The third kappa shape index (κ3) is 3.93. The summed E-state index contributed by atoms with van der Waals surface area (Å²) in [5, 5.41) is 2.93. The van der Waals surface area contributed by atoms with Gasteiger partial charge >= 0.3 is 0 Å². The summed E-state index contributed by atoms with van der Waals surface area (Å²) in [5.41, 5.74) is 0.278. The fourth-order valence-electron chi connectivity index (χ4n) is 2.44. The highest BCUT2D eigenvalue weighted by Crippen LogP contribution is 2.28. The first kappa shape index (κ1) is 14.3. The highest BCUT2D eigenvalue weighted by molar-refractivity contribution is 9.09. The number of halogens is 1. The van der Waals surface area contributed by atoms with E-state index in [-0.39, 0.29) is 11.5 Å². The van der Waals surface area contributed by atoms with Crippen LogP contribution >= 0.6 is 15.9 Å². The first-order chi connectivity index (χ1) is 9.06. The number of amides is 1. The topological polar surface area (TPSA) is 51.1 Å². The number of hydrogen-bond donors (Lipinski definition) is 1. The van der Waals surface area contributed by atoms with E-state index in [4.69, 9.17) is 0 Å². The van der Waals surface area contributed by atoms with Crippen molar-refractivity contribution < 1.29 is 4.79 Å². The van der Waals surface area contributed by atoms with Gasteiger partial charge in [-0.25, -0.2) is 0 Å². The molecule has 0 aromatic carbocycles. The molecular formula is C14H19BrN2O2. The zero-order valence-electron chi connectivity index (χ0n) is 11.1. The van der Waals surface area contributed by atoms with Crippen molar-refractivity contribution in [2.75, 3.05) is 6.54 Å². The minimum Gasteiger partial charge on any atom is -0.352 e. The quantitative estimate of drug-likeness (QED) is 0.864. The molecule has 1 aliphatic rings. The molecule has 4 nitrogen and oxygen atoms in total. The van der Waals surface area contributed by atoms with Crippen molar-refractivity contribution in [2.24, 2.45) is 13.0 Å². The van der Waals surface area contributed by atoms with Crippen LogP contribution in [-0.4, -0.2) is 21.8 Å². The van der Waals surface area contributed by atoms with E-state index in [1.54, 1.807) is 19.3 Å². The predicted molar refractivity (Wildman–Crippen MR) is 78.7 cm³/mol. The van der Waals surface area contributed by atoms with Crippen LogP contribution < -0.4 is 10.9 Å². The molecule has 0 radical (unpaired) electrons. The molecule has 1 aromatic heterocycles. The number of carbonyl (C=O) groups excluding carboxylic acids is 1. The maximum absolute atomic E-state index is 12.0. The van der Waals surface area contributed by atoms with Crippen molar-refractivity contribution in [3.63, 3.8) is 0 Å². The molecule has 1 aliphatic carbocycles. The second kappa shape index (κ2) is 6.37. The molecule has 2 atom stereocenters. The van der Waals surface area contributed by atoms with Gasteiger partial charge in [0.15, 0.2) is 0 Å². The van der Waals surface area contributed by atoms with Gasteiger partial charge in [0.25, 0.3) is 11.5 Å². The standard InChI is InChI=1S/C14H19BrN2O2/c1-17-6-5-11(8-13(17)18)14(19)16-9-10-3-2-4-12(15)7-10/h5-6,8,10,12H,2-4,7,9H2,1H3,(H,16,19). The average Bonchev–Trinajstić information content (AvgIpc) is 2.39. The van der Waals surface area contributed by atoms with Crippen LogP contribution in [-0.2, 0) is 7.05 Å².